The van der Waals surface area contributed by atoms with Crippen molar-refractivity contribution in [2.75, 3.05) is 17.3 Å². The van der Waals surface area contributed by atoms with Gasteiger partial charge in [-0.3, -0.25) is 14.6 Å². The fourth-order valence-corrected chi connectivity index (χ4v) is 6.22. The van der Waals surface area contributed by atoms with Crippen molar-refractivity contribution in [2.45, 2.75) is 84.4 Å². The summed E-state index contributed by atoms with van der Waals surface area (Å²) in [6, 6.07) is 15.8. The first-order valence-corrected chi connectivity index (χ1v) is 15.1. The Hall–Kier alpha value is -4.53. The van der Waals surface area contributed by atoms with E-state index in [-0.39, 0.29) is 23.8 Å². The molecular formula is C35H39N5O4. The SMILES string of the molecule is Cc1ccc2c(c1)[C@]1(C[C@H]1c1ccc3c(c1)CN=C3Nc1ccc(C(=O)N(C)C(C)C)nc1C)C(=O)N2C(=O)OC(C)(C)C. The number of fused-ring (bicyclic) bond motifs is 3. The van der Waals surface area contributed by atoms with Crippen molar-refractivity contribution in [3.05, 3.63) is 87.7 Å². The lowest BCUT2D eigenvalue weighted by Gasteiger charge is -2.24. The number of hydrogen-bond donors (Lipinski definition) is 1. The number of amides is 3. The lowest BCUT2D eigenvalue weighted by molar-refractivity contribution is -0.120. The van der Waals surface area contributed by atoms with E-state index in [0.717, 1.165) is 39.3 Å². The number of pyridine rings is 1. The number of nitrogens with one attached hydrogen (secondary N) is 1. The number of ether oxygens (including phenoxy) is 1. The zero-order valence-electron chi connectivity index (χ0n) is 26.6. The lowest BCUT2D eigenvalue weighted by atomic mass is 9.90. The van der Waals surface area contributed by atoms with E-state index in [9.17, 15) is 14.4 Å². The molecule has 9 heteroatoms. The van der Waals surface area contributed by atoms with Crippen molar-refractivity contribution in [1.82, 2.24) is 9.88 Å². The number of aromatic nitrogens is 1. The Morgan fingerprint density at radius 2 is 1.84 bits per heavy atom. The Kier molecular flexibility index (Phi) is 6.90. The molecule has 0 unspecified atom stereocenters. The van der Waals surface area contributed by atoms with E-state index >= 15 is 0 Å². The lowest BCUT2D eigenvalue weighted by Crippen LogP contribution is -2.41. The van der Waals surface area contributed by atoms with Crippen LogP contribution in [-0.2, 0) is 21.5 Å². The molecule has 6 rings (SSSR count). The summed E-state index contributed by atoms with van der Waals surface area (Å²) >= 11 is 0. The summed E-state index contributed by atoms with van der Waals surface area (Å²) in [6.45, 7) is 13.7. The summed E-state index contributed by atoms with van der Waals surface area (Å²) in [4.78, 5) is 52.1. The number of amidine groups is 1. The van der Waals surface area contributed by atoms with Crippen molar-refractivity contribution in [1.29, 1.82) is 0 Å². The maximum Gasteiger partial charge on any atom is 0.421 e. The molecular weight excluding hydrogens is 554 g/mol. The fraction of sp³-hybridized carbons (Fsp3) is 0.400. The number of anilines is 2. The van der Waals surface area contributed by atoms with Crippen molar-refractivity contribution < 1.29 is 19.1 Å². The molecule has 3 aromatic rings. The fourth-order valence-electron chi connectivity index (χ4n) is 6.22. The van der Waals surface area contributed by atoms with Crippen LogP contribution < -0.4 is 10.2 Å². The smallest absolute Gasteiger partial charge is 0.421 e. The number of hydrogen-bond acceptors (Lipinski definition) is 7. The van der Waals surface area contributed by atoms with E-state index in [0.29, 0.717) is 30.0 Å². The van der Waals surface area contributed by atoms with Gasteiger partial charge in [0.1, 0.15) is 17.1 Å². The maximum atomic E-state index is 14.0. The first-order valence-electron chi connectivity index (χ1n) is 15.1. The van der Waals surface area contributed by atoms with Gasteiger partial charge in [-0.05, 0) is 89.8 Å². The molecule has 9 nitrogen and oxygen atoms in total. The van der Waals surface area contributed by atoms with E-state index in [4.69, 9.17) is 9.73 Å². The molecule has 3 aliphatic rings. The number of benzene rings is 2. The Morgan fingerprint density at radius 1 is 1.09 bits per heavy atom. The highest BCUT2D eigenvalue weighted by Crippen LogP contribution is 2.66. The molecule has 1 fully saturated rings. The van der Waals surface area contributed by atoms with E-state index in [2.05, 4.69) is 28.5 Å². The summed E-state index contributed by atoms with van der Waals surface area (Å²) in [7, 11) is 1.78. The average Bonchev–Trinajstić information content (AvgIpc) is 3.52. The Morgan fingerprint density at radius 3 is 2.52 bits per heavy atom. The van der Waals surface area contributed by atoms with Gasteiger partial charge in [0, 0.05) is 24.6 Å². The molecule has 2 aliphatic heterocycles. The third-order valence-corrected chi connectivity index (χ3v) is 8.84. The number of carbonyl (C=O) groups excluding carboxylic acids is 3. The highest BCUT2D eigenvalue weighted by Gasteiger charge is 2.68. The summed E-state index contributed by atoms with van der Waals surface area (Å²) < 4.78 is 5.63. The second kappa shape index (κ2) is 10.3. The molecule has 1 N–H and O–H groups in total. The molecule has 0 radical (unpaired) electrons. The number of rotatable bonds is 4. The monoisotopic (exact) mass is 593 g/mol. The molecule has 2 atom stereocenters. The Bertz CT molecular complexity index is 1750. The largest absolute Gasteiger partial charge is 0.443 e. The van der Waals surface area contributed by atoms with Crippen LogP contribution in [-0.4, -0.2) is 52.3 Å². The van der Waals surface area contributed by atoms with Gasteiger partial charge in [-0.2, -0.15) is 0 Å². The third kappa shape index (κ3) is 4.84. The minimum absolute atomic E-state index is 0.0502. The van der Waals surface area contributed by atoms with Crippen molar-refractivity contribution in [3.63, 3.8) is 0 Å². The zero-order valence-corrected chi connectivity index (χ0v) is 26.6. The number of aliphatic imine (C=N–C) groups is 1. The number of imide groups is 1. The molecule has 1 aromatic heterocycles. The van der Waals surface area contributed by atoms with E-state index in [1.807, 2.05) is 52.0 Å². The molecule has 3 amide bonds. The van der Waals surface area contributed by atoms with Crippen LogP contribution in [0.4, 0.5) is 16.2 Å². The van der Waals surface area contributed by atoms with Crippen LogP contribution in [0.3, 0.4) is 0 Å². The van der Waals surface area contributed by atoms with Crippen LogP contribution in [0.25, 0.3) is 0 Å². The van der Waals surface area contributed by atoms with Crippen molar-refractivity contribution in [3.8, 4) is 0 Å². The van der Waals surface area contributed by atoms with E-state index in [1.165, 1.54) is 4.90 Å². The van der Waals surface area contributed by atoms with Crippen molar-refractivity contribution in [2.24, 2.45) is 4.99 Å². The Balaban J connectivity index is 1.23. The molecule has 1 spiro atoms. The van der Waals surface area contributed by atoms with Crippen LogP contribution in [0.1, 0.15) is 91.0 Å². The first kappa shape index (κ1) is 29.5. The van der Waals surface area contributed by atoms with E-state index < -0.39 is 17.1 Å². The van der Waals surface area contributed by atoms with Gasteiger partial charge in [-0.25, -0.2) is 14.7 Å². The van der Waals surface area contributed by atoms with E-state index in [1.54, 1.807) is 38.8 Å². The number of carbonyl (C=O) groups is 3. The standard InChI is InChI=1S/C35H39N5O4/c1-19(2)39(8)31(41)28-13-12-27(21(4)37-28)38-30-24-11-10-22(16-23(24)18-36-30)26-17-35(26)25-15-20(3)9-14-29(25)40(32(35)42)33(43)44-34(5,6)7/h9-16,19,26H,17-18H2,1-8H3,(H,36,38)/t26-,35-/m0/s1. The van der Waals surface area contributed by atoms with Gasteiger partial charge in [0.2, 0.25) is 5.91 Å². The quantitative estimate of drug-likeness (QED) is 0.383. The Labute approximate surface area is 258 Å². The molecule has 44 heavy (non-hydrogen) atoms. The predicted octanol–water partition coefficient (Wildman–Crippen LogP) is 6.26. The van der Waals surface area contributed by atoms with Gasteiger partial charge in [0.15, 0.2) is 0 Å². The highest BCUT2D eigenvalue weighted by molar-refractivity contribution is 6.23. The average molecular weight is 594 g/mol. The second-order valence-electron chi connectivity index (χ2n) is 13.4. The van der Waals surface area contributed by atoms with Crippen LogP contribution in [0.5, 0.6) is 0 Å². The summed E-state index contributed by atoms with van der Waals surface area (Å²) in [5, 5.41) is 3.41. The maximum absolute atomic E-state index is 14.0. The molecule has 1 saturated carbocycles. The third-order valence-electron chi connectivity index (χ3n) is 8.84. The summed E-state index contributed by atoms with van der Waals surface area (Å²) in [6.07, 6.45) is -0.00354. The van der Waals surface area contributed by atoms with Gasteiger partial charge in [0.05, 0.1) is 29.0 Å². The molecule has 0 saturated heterocycles. The number of nitrogens with zero attached hydrogens (tertiary/aromatic N) is 4. The van der Waals surface area contributed by atoms with Gasteiger partial charge >= 0.3 is 6.09 Å². The molecule has 228 valence electrons. The van der Waals surface area contributed by atoms with Crippen molar-refractivity contribution >= 4 is 35.1 Å². The minimum Gasteiger partial charge on any atom is -0.443 e. The van der Waals surface area contributed by atoms with Crippen LogP contribution >= 0.6 is 0 Å². The normalized spacial score (nSPS) is 20.0. The topological polar surface area (TPSA) is 104 Å². The molecule has 2 aromatic carbocycles. The number of aryl methyl sites for hydroxylation is 2. The van der Waals surface area contributed by atoms with Gasteiger partial charge in [0.25, 0.3) is 5.91 Å². The van der Waals surface area contributed by atoms with Crippen LogP contribution in [0.15, 0.2) is 53.5 Å². The van der Waals surface area contributed by atoms with Crippen LogP contribution in [0, 0.1) is 13.8 Å². The zero-order chi connectivity index (χ0) is 31.7. The molecule has 3 heterocycles. The summed E-state index contributed by atoms with van der Waals surface area (Å²) in [5.74, 6) is 0.359. The molecule has 1 aliphatic carbocycles. The second-order valence-corrected chi connectivity index (χ2v) is 13.4. The highest BCUT2D eigenvalue weighted by atomic mass is 16.6. The van der Waals surface area contributed by atoms with Crippen LogP contribution in [0.2, 0.25) is 0 Å². The first-order chi connectivity index (χ1) is 20.7. The predicted molar refractivity (Wildman–Crippen MR) is 170 cm³/mol. The van der Waals surface area contributed by atoms with Gasteiger partial charge in [-0.15, -0.1) is 0 Å². The van der Waals surface area contributed by atoms with Gasteiger partial charge in [-0.1, -0.05) is 35.9 Å². The minimum atomic E-state index is -0.779. The molecule has 0 bridgehead atoms. The summed E-state index contributed by atoms with van der Waals surface area (Å²) in [5.41, 5.74) is 6.08. The van der Waals surface area contributed by atoms with Gasteiger partial charge < -0.3 is 15.0 Å².